The number of amides is 1. The molecule has 0 atom stereocenters. The molecular formula is C17H20ClN3O4. The largest absolute Gasteiger partial charge is 0.495 e. The Kier molecular flexibility index (Phi) is 6.85. The number of carbonyl (C=O) groups excluding carboxylic acids is 1. The van der Waals surface area contributed by atoms with Crippen molar-refractivity contribution >= 4 is 28.9 Å². The van der Waals surface area contributed by atoms with Crippen molar-refractivity contribution < 1.29 is 19.0 Å². The smallest absolute Gasteiger partial charge is 0.253 e. The number of methoxy groups -OCH3 is 3. The summed E-state index contributed by atoms with van der Waals surface area (Å²) in [5.41, 5.74) is 1.70. The van der Waals surface area contributed by atoms with Crippen LogP contribution in [0, 0.1) is 0 Å². The Morgan fingerprint density at radius 2 is 1.88 bits per heavy atom. The zero-order valence-electron chi connectivity index (χ0n) is 14.3. The van der Waals surface area contributed by atoms with Crippen LogP contribution in [-0.4, -0.2) is 45.4 Å². The summed E-state index contributed by atoms with van der Waals surface area (Å²) in [4.78, 5) is 16.2. The fraction of sp³-hybridized carbons (Fsp3) is 0.294. The molecule has 1 amide bonds. The van der Waals surface area contributed by atoms with Crippen molar-refractivity contribution in [2.45, 2.75) is 0 Å². The minimum absolute atomic E-state index is 0.228. The maximum Gasteiger partial charge on any atom is 0.253 e. The Labute approximate surface area is 151 Å². The van der Waals surface area contributed by atoms with Crippen LogP contribution in [0.2, 0.25) is 5.02 Å². The van der Waals surface area contributed by atoms with E-state index in [1.54, 1.807) is 38.6 Å². The van der Waals surface area contributed by atoms with Gasteiger partial charge in [-0.3, -0.25) is 9.78 Å². The van der Waals surface area contributed by atoms with Gasteiger partial charge in [0.15, 0.2) is 0 Å². The molecule has 0 radical (unpaired) electrons. The highest BCUT2D eigenvalue weighted by Crippen LogP contribution is 2.37. The van der Waals surface area contributed by atoms with Crippen LogP contribution in [-0.2, 0) is 4.74 Å². The lowest BCUT2D eigenvalue weighted by molar-refractivity contribution is 0.0937. The summed E-state index contributed by atoms with van der Waals surface area (Å²) >= 11 is 6.10. The molecule has 134 valence electrons. The number of carbonyl (C=O) groups is 1. The van der Waals surface area contributed by atoms with Crippen molar-refractivity contribution in [3.8, 4) is 11.5 Å². The van der Waals surface area contributed by atoms with Gasteiger partial charge in [-0.1, -0.05) is 11.6 Å². The summed E-state index contributed by atoms with van der Waals surface area (Å²) < 4.78 is 15.5. The average molecular weight is 366 g/mol. The van der Waals surface area contributed by atoms with Gasteiger partial charge in [0, 0.05) is 32.0 Å². The highest BCUT2D eigenvalue weighted by atomic mass is 35.5. The van der Waals surface area contributed by atoms with Gasteiger partial charge in [-0.2, -0.15) is 0 Å². The SMILES string of the molecule is COCCNC(=O)c1cncc(Nc2cc(OC)c(Cl)cc2OC)c1. The van der Waals surface area contributed by atoms with E-state index in [2.05, 4.69) is 15.6 Å². The summed E-state index contributed by atoms with van der Waals surface area (Å²) in [5.74, 6) is 0.820. The van der Waals surface area contributed by atoms with Crippen LogP contribution in [0.1, 0.15) is 10.4 Å². The lowest BCUT2D eigenvalue weighted by Gasteiger charge is -2.14. The summed E-state index contributed by atoms with van der Waals surface area (Å²) in [7, 11) is 4.65. The molecule has 0 saturated carbocycles. The second-order valence-electron chi connectivity index (χ2n) is 5.02. The van der Waals surface area contributed by atoms with E-state index >= 15 is 0 Å². The molecule has 1 heterocycles. The molecule has 0 fully saturated rings. The molecule has 0 unspecified atom stereocenters. The minimum atomic E-state index is -0.228. The molecule has 0 aliphatic heterocycles. The Morgan fingerprint density at radius 3 is 2.56 bits per heavy atom. The topological polar surface area (TPSA) is 81.7 Å². The van der Waals surface area contributed by atoms with E-state index < -0.39 is 0 Å². The Bertz CT molecular complexity index is 740. The number of nitrogens with zero attached hydrogens (tertiary/aromatic N) is 1. The number of halogens is 1. The highest BCUT2D eigenvalue weighted by Gasteiger charge is 2.12. The van der Waals surface area contributed by atoms with Gasteiger partial charge < -0.3 is 24.8 Å². The normalized spacial score (nSPS) is 10.2. The zero-order chi connectivity index (χ0) is 18.2. The van der Waals surface area contributed by atoms with E-state index in [1.165, 1.54) is 13.3 Å². The molecule has 0 aliphatic rings. The highest BCUT2D eigenvalue weighted by molar-refractivity contribution is 6.32. The third kappa shape index (κ3) is 4.98. The predicted molar refractivity (Wildman–Crippen MR) is 96.3 cm³/mol. The molecule has 0 spiro atoms. The first-order chi connectivity index (χ1) is 12.1. The number of nitrogens with one attached hydrogen (secondary N) is 2. The molecule has 1 aromatic heterocycles. The van der Waals surface area contributed by atoms with Crippen LogP contribution in [0.3, 0.4) is 0 Å². The molecule has 2 N–H and O–H groups in total. The van der Waals surface area contributed by atoms with E-state index in [1.807, 2.05) is 0 Å². The molecule has 25 heavy (non-hydrogen) atoms. The number of hydrogen-bond acceptors (Lipinski definition) is 6. The first kappa shape index (κ1) is 18.8. The van der Waals surface area contributed by atoms with Crippen molar-refractivity contribution in [2.24, 2.45) is 0 Å². The average Bonchev–Trinajstić information content (AvgIpc) is 2.63. The second kappa shape index (κ2) is 9.10. The van der Waals surface area contributed by atoms with Crippen molar-refractivity contribution in [2.75, 3.05) is 39.8 Å². The number of ether oxygens (including phenoxy) is 3. The van der Waals surface area contributed by atoms with Crippen LogP contribution >= 0.6 is 11.6 Å². The van der Waals surface area contributed by atoms with Gasteiger partial charge in [0.1, 0.15) is 11.5 Å². The third-order valence-corrected chi connectivity index (χ3v) is 3.64. The van der Waals surface area contributed by atoms with Crippen LogP contribution < -0.4 is 20.1 Å². The monoisotopic (exact) mass is 365 g/mol. The summed E-state index contributed by atoms with van der Waals surface area (Å²) in [6.45, 7) is 0.869. The van der Waals surface area contributed by atoms with Gasteiger partial charge >= 0.3 is 0 Å². The van der Waals surface area contributed by atoms with Crippen LogP contribution in [0.25, 0.3) is 0 Å². The lowest BCUT2D eigenvalue weighted by Crippen LogP contribution is -2.27. The van der Waals surface area contributed by atoms with Gasteiger partial charge in [-0.05, 0) is 6.07 Å². The van der Waals surface area contributed by atoms with Crippen LogP contribution in [0.4, 0.5) is 11.4 Å². The summed E-state index contributed by atoms with van der Waals surface area (Å²) in [6.07, 6.45) is 3.10. The van der Waals surface area contributed by atoms with Crippen molar-refractivity contribution in [1.82, 2.24) is 10.3 Å². The first-order valence-electron chi connectivity index (χ1n) is 7.49. The molecular weight excluding hydrogens is 346 g/mol. The maximum absolute atomic E-state index is 12.1. The van der Waals surface area contributed by atoms with Gasteiger partial charge in [-0.25, -0.2) is 0 Å². The molecule has 7 nitrogen and oxygen atoms in total. The zero-order valence-corrected chi connectivity index (χ0v) is 15.0. The maximum atomic E-state index is 12.1. The fourth-order valence-corrected chi connectivity index (χ4v) is 2.35. The third-order valence-electron chi connectivity index (χ3n) is 3.35. The quantitative estimate of drug-likeness (QED) is 0.700. The molecule has 2 rings (SSSR count). The Balaban J connectivity index is 2.20. The van der Waals surface area contributed by atoms with E-state index in [-0.39, 0.29) is 5.91 Å². The standard InChI is InChI=1S/C17H20ClN3O4/c1-23-5-4-20-17(22)11-6-12(10-19-9-11)21-14-8-15(24-2)13(18)7-16(14)25-3/h6-10,21H,4-5H2,1-3H3,(H,20,22). The molecule has 8 heteroatoms. The Hall–Kier alpha value is -2.51. The van der Waals surface area contributed by atoms with Crippen molar-refractivity contribution in [1.29, 1.82) is 0 Å². The predicted octanol–water partition coefficient (Wildman–Crippen LogP) is 2.87. The van der Waals surface area contributed by atoms with Gasteiger partial charge in [0.2, 0.25) is 0 Å². The fourth-order valence-electron chi connectivity index (χ4n) is 2.11. The van der Waals surface area contributed by atoms with E-state index in [9.17, 15) is 4.79 Å². The van der Waals surface area contributed by atoms with Crippen LogP contribution in [0.15, 0.2) is 30.6 Å². The lowest BCUT2D eigenvalue weighted by atomic mass is 10.2. The first-order valence-corrected chi connectivity index (χ1v) is 7.87. The van der Waals surface area contributed by atoms with Crippen molar-refractivity contribution in [3.05, 3.63) is 41.2 Å². The Morgan fingerprint density at radius 1 is 1.12 bits per heavy atom. The van der Waals surface area contributed by atoms with Crippen LogP contribution in [0.5, 0.6) is 11.5 Å². The van der Waals surface area contributed by atoms with Crippen molar-refractivity contribution in [3.63, 3.8) is 0 Å². The van der Waals surface area contributed by atoms with Gasteiger partial charge in [-0.15, -0.1) is 0 Å². The summed E-state index contributed by atoms with van der Waals surface area (Å²) in [6, 6.07) is 5.06. The molecule has 0 bridgehead atoms. The minimum Gasteiger partial charge on any atom is -0.495 e. The number of rotatable bonds is 8. The molecule has 0 saturated heterocycles. The molecule has 2 aromatic rings. The van der Waals surface area contributed by atoms with E-state index in [0.717, 1.165) is 0 Å². The number of benzene rings is 1. The van der Waals surface area contributed by atoms with Gasteiger partial charge in [0.25, 0.3) is 5.91 Å². The number of pyridine rings is 1. The number of hydrogen-bond donors (Lipinski definition) is 2. The second-order valence-corrected chi connectivity index (χ2v) is 5.43. The number of aromatic nitrogens is 1. The molecule has 1 aromatic carbocycles. The number of anilines is 2. The summed E-state index contributed by atoms with van der Waals surface area (Å²) in [5, 5.41) is 6.34. The molecule has 0 aliphatic carbocycles. The van der Waals surface area contributed by atoms with E-state index in [0.29, 0.717) is 46.6 Å². The van der Waals surface area contributed by atoms with Gasteiger partial charge in [0.05, 0.1) is 49.0 Å². The van der Waals surface area contributed by atoms with E-state index in [4.69, 9.17) is 25.8 Å².